The maximum absolute atomic E-state index is 13.7. The average Bonchev–Trinajstić information content (AvgIpc) is 2.84. The number of rotatable bonds is 5. The number of hydrogen-bond acceptors (Lipinski definition) is 3. The predicted octanol–water partition coefficient (Wildman–Crippen LogP) is 1.77. The van der Waals surface area contributed by atoms with Crippen LogP contribution in [0.4, 0.5) is 10.1 Å². The van der Waals surface area contributed by atoms with Crippen molar-refractivity contribution in [3.05, 3.63) is 48.0 Å². The minimum atomic E-state index is -0.360. The third kappa shape index (κ3) is 3.04. The van der Waals surface area contributed by atoms with E-state index in [4.69, 9.17) is 18.0 Å². The molecule has 2 rings (SSSR count). The van der Waals surface area contributed by atoms with E-state index in [1.54, 1.807) is 23.0 Å². The number of hydrogen-bond donors (Lipinski definition) is 2. The highest BCUT2D eigenvalue weighted by Gasteiger charge is 2.04. The molecule has 0 unspecified atom stereocenters. The molecule has 1 heterocycles. The summed E-state index contributed by atoms with van der Waals surface area (Å²) in [7, 11) is 0. The van der Waals surface area contributed by atoms with Gasteiger partial charge in [-0.05, 0) is 24.3 Å². The van der Waals surface area contributed by atoms with Gasteiger partial charge in [-0.15, -0.1) is 0 Å². The molecule has 0 radical (unpaired) electrons. The predicted molar refractivity (Wildman–Crippen MR) is 73.0 cm³/mol. The maximum Gasteiger partial charge on any atom is 0.146 e. The van der Waals surface area contributed by atoms with Crippen molar-refractivity contribution in [3.63, 3.8) is 0 Å². The molecule has 18 heavy (non-hydrogen) atoms. The topological polar surface area (TPSA) is 55.9 Å². The van der Waals surface area contributed by atoms with Gasteiger partial charge in [0.25, 0.3) is 0 Å². The fraction of sp³-hybridized carbons (Fsp3) is 0.167. The van der Waals surface area contributed by atoms with Crippen LogP contribution in [0.3, 0.4) is 0 Å². The lowest BCUT2D eigenvalue weighted by Gasteiger charge is -2.08. The molecule has 0 aliphatic carbocycles. The summed E-state index contributed by atoms with van der Waals surface area (Å²) in [5.41, 5.74) is 6.39. The number of nitrogens with zero attached hydrogens (tertiary/aromatic N) is 2. The van der Waals surface area contributed by atoms with Crippen molar-refractivity contribution in [2.24, 2.45) is 5.73 Å². The van der Waals surface area contributed by atoms with Crippen molar-refractivity contribution in [1.82, 2.24) is 9.78 Å². The van der Waals surface area contributed by atoms with Crippen LogP contribution in [-0.4, -0.2) is 21.3 Å². The Hall–Kier alpha value is -1.95. The van der Waals surface area contributed by atoms with E-state index in [2.05, 4.69) is 10.4 Å². The first-order valence-corrected chi connectivity index (χ1v) is 5.88. The summed E-state index contributed by atoms with van der Waals surface area (Å²) in [5, 5.41) is 7.05. The summed E-state index contributed by atoms with van der Waals surface area (Å²) in [6, 6.07) is 6.50. The molecule has 2 aromatic rings. The second-order valence-corrected chi connectivity index (χ2v) is 4.19. The van der Waals surface area contributed by atoms with Crippen LogP contribution in [0.15, 0.2) is 36.7 Å². The molecule has 4 nitrogen and oxygen atoms in total. The van der Waals surface area contributed by atoms with E-state index >= 15 is 0 Å². The number of anilines is 1. The first-order valence-electron chi connectivity index (χ1n) is 5.47. The van der Waals surface area contributed by atoms with Crippen molar-refractivity contribution < 1.29 is 4.39 Å². The second-order valence-electron chi connectivity index (χ2n) is 3.75. The molecule has 0 saturated heterocycles. The van der Waals surface area contributed by atoms with Gasteiger partial charge in [0.05, 0.1) is 12.2 Å². The van der Waals surface area contributed by atoms with Crippen molar-refractivity contribution >= 4 is 22.9 Å². The molecule has 0 atom stereocenters. The van der Waals surface area contributed by atoms with E-state index in [9.17, 15) is 4.39 Å². The average molecular weight is 264 g/mol. The molecule has 0 aliphatic rings. The number of nitrogens with two attached hydrogens (primary N) is 1. The van der Waals surface area contributed by atoms with E-state index in [0.29, 0.717) is 24.3 Å². The van der Waals surface area contributed by atoms with Crippen molar-refractivity contribution in [1.29, 1.82) is 0 Å². The van der Waals surface area contributed by atoms with E-state index in [1.165, 1.54) is 6.07 Å². The Kier molecular flexibility index (Phi) is 3.88. The minimum Gasteiger partial charge on any atom is -0.389 e. The van der Waals surface area contributed by atoms with Gasteiger partial charge in [0.15, 0.2) is 0 Å². The van der Waals surface area contributed by atoms with Gasteiger partial charge in [-0.25, -0.2) is 4.39 Å². The second kappa shape index (κ2) is 5.59. The fourth-order valence-corrected chi connectivity index (χ4v) is 1.68. The van der Waals surface area contributed by atoms with Gasteiger partial charge >= 0.3 is 0 Å². The van der Waals surface area contributed by atoms with E-state index in [1.807, 2.05) is 12.3 Å². The lowest BCUT2D eigenvalue weighted by molar-refractivity contribution is 0.617. The van der Waals surface area contributed by atoms with Crippen LogP contribution >= 0.6 is 12.2 Å². The quantitative estimate of drug-likeness (QED) is 0.808. The van der Waals surface area contributed by atoms with Gasteiger partial charge < -0.3 is 11.1 Å². The van der Waals surface area contributed by atoms with Crippen LogP contribution < -0.4 is 11.1 Å². The number of nitrogens with one attached hydrogen (secondary N) is 1. The Balaban J connectivity index is 1.95. The number of benzene rings is 1. The molecule has 1 aromatic heterocycles. The third-order valence-corrected chi connectivity index (χ3v) is 2.70. The molecule has 1 aromatic carbocycles. The highest BCUT2D eigenvalue weighted by molar-refractivity contribution is 7.80. The first kappa shape index (κ1) is 12.5. The number of thiocarbonyl (C=S) groups is 1. The molecule has 3 N–H and O–H groups in total. The SMILES string of the molecule is NC(=S)c1ccc(NCCn2cccn2)c(F)c1. The minimum absolute atomic E-state index is 0.192. The lowest BCUT2D eigenvalue weighted by atomic mass is 10.2. The van der Waals surface area contributed by atoms with Crippen LogP contribution in [0, 0.1) is 5.82 Å². The fourth-order valence-electron chi connectivity index (χ4n) is 1.55. The summed E-state index contributed by atoms with van der Waals surface area (Å²) in [4.78, 5) is 0.192. The Bertz CT molecular complexity index is 539. The first-order chi connectivity index (χ1) is 8.66. The molecular weight excluding hydrogens is 251 g/mol. The molecule has 6 heteroatoms. The van der Waals surface area contributed by atoms with Crippen LogP contribution in [0.1, 0.15) is 5.56 Å². The normalized spacial score (nSPS) is 10.3. The molecule has 0 saturated carbocycles. The maximum atomic E-state index is 13.7. The van der Waals surface area contributed by atoms with Crippen LogP contribution in [0.25, 0.3) is 0 Å². The Morgan fingerprint density at radius 3 is 2.94 bits per heavy atom. The summed E-state index contributed by atoms with van der Waals surface area (Å²) in [6.45, 7) is 1.26. The zero-order valence-electron chi connectivity index (χ0n) is 9.64. The van der Waals surface area contributed by atoms with Crippen LogP contribution in [0.5, 0.6) is 0 Å². The highest BCUT2D eigenvalue weighted by Crippen LogP contribution is 2.15. The third-order valence-electron chi connectivity index (χ3n) is 2.47. The Morgan fingerprint density at radius 1 is 1.50 bits per heavy atom. The highest BCUT2D eigenvalue weighted by atomic mass is 32.1. The molecule has 0 amide bonds. The summed E-state index contributed by atoms with van der Waals surface area (Å²) in [5.74, 6) is -0.360. The smallest absolute Gasteiger partial charge is 0.146 e. The number of aromatic nitrogens is 2. The Morgan fingerprint density at radius 2 is 2.33 bits per heavy atom. The van der Waals surface area contributed by atoms with Crippen LogP contribution in [-0.2, 0) is 6.54 Å². The van der Waals surface area contributed by atoms with E-state index < -0.39 is 0 Å². The Labute approximate surface area is 110 Å². The van der Waals surface area contributed by atoms with Gasteiger partial charge in [0.1, 0.15) is 10.8 Å². The zero-order valence-corrected chi connectivity index (χ0v) is 10.5. The van der Waals surface area contributed by atoms with Gasteiger partial charge in [-0.2, -0.15) is 5.10 Å². The molecule has 94 valence electrons. The van der Waals surface area contributed by atoms with E-state index in [0.717, 1.165) is 0 Å². The zero-order chi connectivity index (χ0) is 13.0. The van der Waals surface area contributed by atoms with Gasteiger partial charge in [0, 0.05) is 24.5 Å². The molecule has 0 aliphatic heterocycles. The number of halogens is 1. The monoisotopic (exact) mass is 264 g/mol. The summed E-state index contributed by atoms with van der Waals surface area (Å²) < 4.78 is 15.4. The molecule has 0 bridgehead atoms. The standard InChI is InChI=1S/C12H13FN4S/c13-10-8-9(12(14)18)2-3-11(10)15-5-7-17-6-1-4-16-17/h1-4,6,8,15H,5,7H2,(H2,14,18). The van der Waals surface area contributed by atoms with Crippen molar-refractivity contribution in [2.75, 3.05) is 11.9 Å². The van der Waals surface area contributed by atoms with Gasteiger partial charge in [-0.3, -0.25) is 4.68 Å². The van der Waals surface area contributed by atoms with Gasteiger partial charge in [0.2, 0.25) is 0 Å². The van der Waals surface area contributed by atoms with E-state index in [-0.39, 0.29) is 10.8 Å². The van der Waals surface area contributed by atoms with Crippen molar-refractivity contribution in [3.8, 4) is 0 Å². The molecular formula is C12H13FN4S. The van der Waals surface area contributed by atoms with Crippen molar-refractivity contribution in [2.45, 2.75) is 6.54 Å². The van der Waals surface area contributed by atoms with Gasteiger partial charge in [-0.1, -0.05) is 12.2 Å². The lowest BCUT2D eigenvalue weighted by Crippen LogP contribution is -2.13. The molecule has 0 spiro atoms. The summed E-state index contributed by atoms with van der Waals surface area (Å²) in [6.07, 6.45) is 3.56. The summed E-state index contributed by atoms with van der Waals surface area (Å²) >= 11 is 4.79. The van der Waals surface area contributed by atoms with Crippen LogP contribution in [0.2, 0.25) is 0 Å². The largest absolute Gasteiger partial charge is 0.389 e. The molecule has 0 fully saturated rings.